The second kappa shape index (κ2) is 7.45. The second-order valence-electron chi connectivity index (χ2n) is 5.27. The quantitative estimate of drug-likeness (QED) is 0.387. The number of guanidine groups is 1. The topological polar surface area (TPSA) is 68.2 Å². The Labute approximate surface area is 152 Å². The van der Waals surface area contributed by atoms with Crippen molar-refractivity contribution in [3.05, 3.63) is 59.9 Å². The van der Waals surface area contributed by atoms with Crippen molar-refractivity contribution in [2.75, 3.05) is 5.32 Å². The number of aliphatic imine (C=N–C) groups is 1. The number of hydrogen-bond acceptors (Lipinski definition) is 2. The van der Waals surface area contributed by atoms with Gasteiger partial charge < -0.3 is 15.6 Å². The van der Waals surface area contributed by atoms with Crippen LogP contribution in [-0.2, 0) is 13.6 Å². The summed E-state index contributed by atoms with van der Waals surface area (Å²) < 4.78 is 2.04. The van der Waals surface area contributed by atoms with Gasteiger partial charge in [-0.15, -0.1) is 24.0 Å². The van der Waals surface area contributed by atoms with E-state index in [1.54, 1.807) is 0 Å². The second-order valence-corrected chi connectivity index (χ2v) is 5.27. The molecule has 3 rings (SSSR count). The van der Waals surface area contributed by atoms with Crippen LogP contribution >= 0.6 is 24.0 Å². The van der Waals surface area contributed by atoms with E-state index in [0.29, 0.717) is 12.5 Å². The maximum atomic E-state index is 5.94. The Morgan fingerprint density at radius 1 is 1.17 bits per heavy atom. The number of rotatable bonds is 3. The fourth-order valence-corrected chi connectivity index (χ4v) is 2.32. The number of para-hydroxylation sites is 2. The fraction of sp³-hybridized carbons (Fsp3) is 0.176. The van der Waals surface area contributed by atoms with Crippen molar-refractivity contribution in [2.24, 2.45) is 17.8 Å². The van der Waals surface area contributed by atoms with E-state index in [1.165, 1.54) is 5.56 Å². The SMILES string of the molecule is Cc1ccc(NC(N)=NCc2nc3ccccc3n2C)cc1.I. The summed E-state index contributed by atoms with van der Waals surface area (Å²) in [4.78, 5) is 8.94. The molecule has 0 radical (unpaired) electrons. The molecule has 23 heavy (non-hydrogen) atoms. The summed E-state index contributed by atoms with van der Waals surface area (Å²) in [5.74, 6) is 1.27. The minimum absolute atomic E-state index is 0. The van der Waals surface area contributed by atoms with Gasteiger partial charge in [-0.2, -0.15) is 0 Å². The van der Waals surface area contributed by atoms with Crippen LogP contribution in [0.3, 0.4) is 0 Å². The molecule has 3 aromatic rings. The van der Waals surface area contributed by atoms with Crippen LogP contribution in [0, 0.1) is 6.92 Å². The molecule has 120 valence electrons. The lowest BCUT2D eigenvalue weighted by Crippen LogP contribution is -2.22. The van der Waals surface area contributed by atoms with E-state index in [0.717, 1.165) is 22.5 Å². The number of nitrogens with two attached hydrogens (primary N) is 1. The normalized spacial score (nSPS) is 11.3. The van der Waals surface area contributed by atoms with Gasteiger partial charge in [0, 0.05) is 12.7 Å². The van der Waals surface area contributed by atoms with Gasteiger partial charge in [0.05, 0.1) is 11.0 Å². The highest BCUT2D eigenvalue weighted by molar-refractivity contribution is 14.0. The zero-order valence-corrected chi connectivity index (χ0v) is 15.5. The predicted octanol–water partition coefficient (Wildman–Crippen LogP) is 3.43. The molecule has 2 aromatic carbocycles. The monoisotopic (exact) mass is 421 g/mol. The molecule has 0 bridgehead atoms. The van der Waals surface area contributed by atoms with Crippen molar-refractivity contribution >= 4 is 46.7 Å². The largest absolute Gasteiger partial charge is 0.370 e. The van der Waals surface area contributed by atoms with Crippen molar-refractivity contribution in [1.29, 1.82) is 0 Å². The Bertz CT molecular complexity index is 821. The van der Waals surface area contributed by atoms with E-state index in [4.69, 9.17) is 5.73 Å². The lowest BCUT2D eigenvalue weighted by atomic mass is 10.2. The average Bonchev–Trinajstić information content (AvgIpc) is 2.84. The molecule has 0 fully saturated rings. The average molecular weight is 421 g/mol. The molecule has 0 aliphatic heterocycles. The third-order valence-corrected chi connectivity index (χ3v) is 3.59. The minimum atomic E-state index is 0. The zero-order valence-electron chi connectivity index (χ0n) is 13.2. The van der Waals surface area contributed by atoms with Crippen LogP contribution in [-0.4, -0.2) is 15.5 Å². The van der Waals surface area contributed by atoms with Crippen LogP contribution in [0.5, 0.6) is 0 Å². The number of fused-ring (bicyclic) bond motifs is 1. The van der Waals surface area contributed by atoms with Crippen molar-refractivity contribution in [1.82, 2.24) is 9.55 Å². The Morgan fingerprint density at radius 3 is 2.57 bits per heavy atom. The fourth-order valence-electron chi connectivity index (χ4n) is 2.32. The first-order valence-electron chi connectivity index (χ1n) is 7.17. The van der Waals surface area contributed by atoms with Gasteiger partial charge in [-0.3, -0.25) is 0 Å². The summed E-state index contributed by atoms with van der Waals surface area (Å²) in [6, 6.07) is 16.0. The Morgan fingerprint density at radius 2 is 1.87 bits per heavy atom. The van der Waals surface area contributed by atoms with Gasteiger partial charge in [0.1, 0.15) is 12.4 Å². The molecule has 0 atom stereocenters. The minimum Gasteiger partial charge on any atom is -0.370 e. The first-order chi connectivity index (χ1) is 10.6. The maximum Gasteiger partial charge on any atom is 0.193 e. The molecular formula is C17H20IN5. The zero-order chi connectivity index (χ0) is 15.5. The molecule has 0 amide bonds. The molecule has 1 aromatic heterocycles. The molecule has 5 nitrogen and oxygen atoms in total. The van der Waals surface area contributed by atoms with Crippen LogP contribution in [0.15, 0.2) is 53.5 Å². The Kier molecular flexibility index (Phi) is 5.59. The number of nitrogens with zero attached hydrogens (tertiary/aromatic N) is 3. The number of benzene rings is 2. The summed E-state index contributed by atoms with van der Waals surface area (Å²) in [6.07, 6.45) is 0. The Hall–Kier alpha value is -2.09. The Balaban J connectivity index is 0.00000192. The molecular weight excluding hydrogens is 401 g/mol. The first kappa shape index (κ1) is 17.3. The van der Waals surface area contributed by atoms with Crippen molar-refractivity contribution in [3.63, 3.8) is 0 Å². The van der Waals surface area contributed by atoms with Crippen molar-refractivity contribution < 1.29 is 0 Å². The van der Waals surface area contributed by atoms with Gasteiger partial charge in [-0.25, -0.2) is 9.98 Å². The molecule has 0 aliphatic rings. The highest BCUT2D eigenvalue weighted by Gasteiger charge is 2.06. The smallest absolute Gasteiger partial charge is 0.193 e. The van der Waals surface area contributed by atoms with Gasteiger partial charge in [-0.05, 0) is 31.2 Å². The number of imidazole rings is 1. The van der Waals surface area contributed by atoms with E-state index in [2.05, 4.69) is 15.3 Å². The number of hydrogen-bond donors (Lipinski definition) is 2. The van der Waals surface area contributed by atoms with Crippen molar-refractivity contribution in [2.45, 2.75) is 13.5 Å². The van der Waals surface area contributed by atoms with Gasteiger partial charge in [0.2, 0.25) is 0 Å². The standard InChI is InChI=1S/C17H19N5.HI/c1-12-7-9-13(10-8-12)20-17(18)19-11-16-21-14-5-3-4-6-15(14)22(16)2;/h3-10H,11H2,1-2H3,(H3,18,19,20);1H. The van der Waals surface area contributed by atoms with Crippen LogP contribution < -0.4 is 11.1 Å². The van der Waals surface area contributed by atoms with Crippen molar-refractivity contribution in [3.8, 4) is 0 Å². The lowest BCUT2D eigenvalue weighted by molar-refractivity contribution is 0.812. The van der Waals surface area contributed by atoms with Crippen LogP contribution in [0.2, 0.25) is 0 Å². The number of halogens is 1. The molecule has 0 saturated heterocycles. The van der Waals surface area contributed by atoms with Gasteiger partial charge in [-0.1, -0.05) is 29.8 Å². The third-order valence-electron chi connectivity index (χ3n) is 3.59. The van der Waals surface area contributed by atoms with E-state index in [1.807, 2.05) is 67.1 Å². The highest BCUT2D eigenvalue weighted by atomic mass is 127. The van der Waals surface area contributed by atoms with Crippen LogP contribution in [0.25, 0.3) is 11.0 Å². The van der Waals surface area contributed by atoms with E-state index >= 15 is 0 Å². The van der Waals surface area contributed by atoms with Gasteiger partial charge in [0.15, 0.2) is 5.96 Å². The highest BCUT2D eigenvalue weighted by Crippen LogP contribution is 2.14. The number of anilines is 1. The lowest BCUT2D eigenvalue weighted by Gasteiger charge is -2.06. The first-order valence-corrected chi connectivity index (χ1v) is 7.17. The summed E-state index contributed by atoms with van der Waals surface area (Å²) in [6.45, 7) is 2.49. The molecule has 0 aliphatic carbocycles. The number of nitrogens with one attached hydrogen (secondary N) is 1. The molecule has 0 unspecified atom stereocenters. The molecule has 6 heteroatoms. The van der Waals surface area contributed by atoms with Crippen LogP contribution in [0.4, 0.5) is 5.69 Å². The summed E-state index contributed by atoms with van der Waals surface area (Å²) >= 11 is 0. The summed E-state index contributed by atoms with van der Waals surface area (Å²) in [5, 5.41) is 3.08. The van der Waals surface area contributed by atoms with E-state index in [9.17, 15) is 0 Å². The van der Waals surface area contributed by atoms with Gasteiger partial charge in [0.25, 0.3) is 0 Å². The van der Waals surface area contributed by atoms with Crippen LogP contribution in [0.1, 0.15) is 11.4 Å². The molecule has 0 saturated carbocycles. The molecule has 3 N–H and O–H groups in total. The number of aryl methyl sites for hydroxylation is 2. The number of aromatic nitrogens is 2. The molecule has 0 spiro atoms. The summed E-state index contributed by atoms with van der Waals surface area (Å²) in [7, 11) is 1.99. The predicted molar refractivity (Wildman–Crippen MR) is 106 cm³/mol. The third kappa shape index (κ3) is 4.01. The van der Waals surface area contributed by atoms with E-state index in [-0.39, 0.29) is 24.0 Å². The van der Waals surface area contributed by atoms with E-state index < -0.39 is 0 Å². The summed E-state index contributed by atoms with van der Waals surface area (Å²) in [5.41, 5.74) is 10.1. The van der Waals surface area contributed by atoms with Gasteiger partial charge >= 0.3 is 0 Å². The molecule has 1 heterocycles. The maximum absolute atomic E-state index is 5.94.